The molecule has 25 heavy (non-hydrogen) atoms. The average Bonchev–Trinajstić information content (AvgIpc) is 2.93. The zero-order valence-corrected chi connectivity index (χ0v) is 14.8. The summed E-state index contributed by atoms with van der Waals surface area (Å²) in [7, 11) is 0. The number of fused-ring (bicyclic) bond motifs is 1. The predicted molar refractivity (Wildman–Crippen MR) is 93.3 cm³/mol. The molecule has 1 aliphatic rings. The molecule has 1 aromatic heterocycles. The molecular formula is C20H23NO4. The first-order valence-electron chi connectivity index (χ1n) is 8.62. The molecule has 1 N–H and O–H groups in total. The molecule has 0 unspecified atom stereocenters. The first-order valence-corrected chi connectivity index (χ1v) is 8.62. The minimum atomic E-state index is -0.865. The summed E-state index contributed by atoms with van der Waals surface area (Å²) in [5.41, 5.74) is 2.79. The highest BCUT2D eigenvalue weighted by Gasteiger charge is 2.26. The standard InChI is InChI=1S/C20H23NO4/c1-12-11-17(13(2)24-12)20(23)25-14(3)19(22)21-18-10-6-8-15-7-4-5-9-16(15)18/h4-5,7,9,11,14,18H,6,8,10H2,1-3H3,(H,21,22)/t14-,18-/m0/s1. The van der Waals surface area contributed by atoms with Crippen molar-refractivity contribution < 1.29 is 18.7 Å². The van der Waals surface area contributed by atoms with Crippen LogP contribution in [-0.2, 0) is 16.0 Å². The summed E-state index contributed by atoms with van der Waals surface area (Å²) < 4.78 is 10.6. The molecule has 0 saturated heterocycles. The second-order valence-electron chi connectivity index (χ2n) is 6.53. The molecular weight excluding hydrogens is 318 g/mol. The first kappa shape index (κ1) is 17.3. The number of rotatable bonds is 4. The summed E-state index contributed by atoms with van der Waals surface area (Å²) >= 11 is 0. The Morgan fingerprint density at radius 3 is 2.76 bits per heavy atom. The van der Waals surface area contributed by atoms with Crippen molar-refractivity contribution in [3.8, 4) is 0 Å². The van der Waals surface area contributed by atoms with Crippen LogP contribution in [0.3, 0.4) is 0 Å². The normalized spacial score (nSPS) is 17.5. The van der Waals surface area contributed by atoms with Gasteiger partial charge in [-0.3, -0.25) is 4.79 Å². The van der Waals surface area contributed by atoms with Gasteiger partial charge in [0.05, 0.1) is 6.04 Å². The largest absolute Gasteiger partial charge is 0.466 e. The van der Waals surface area contributed by atoms with Gasteiger partial charge in [0, 0.05) is 0 Å². The Kier molecular flexibility index (Phi) is 4.93. The van der Waals surface area contributed by atoms with Crippen molar-refractivity contribution in [2.24, 2.45) is 0 Å². The van der Waals surface area contributed by atoms with Crippen LogP contribution in [0.25, 0.3) is 0 Å². The number of esters is 1. The van der Waals surface area contributed by atoms with Crippen LogP contribution in [0.15, 0.2) is 34.7 Å². The fourth-order valence-electron chi connectivity index (χ4n) is 3.30. The number of benzene rings is 1. The Labute approximate surface area is 147 Å². The quantitative estimate of drug-likeness (QED) is 0.862. The summed E-state index contributed by atoms with van der Waals surface area (Å²) in [6.07, 6.45) is 2.09. The van der Waals surface area contributed by atoms with Crippen LogP contribution < -0.4 is 5.32 Å². The Balaban J connectivity index is 1.64. The number of hydrogen-bond acceptors (Lipinski definition) is 4. The lowest BCUT2D eigenvalue weighted by molar-refractivity contribution is -0.130. The maximum Gasteiger partial charge on any atom is 0.342 e. The van der Waals surface area contributed by atoms with Crippen LogP contribution >= 0.6 is 0 Å². The van der Waals surface area contributed by atoms with E-state index >= 15 is 0 Å². The Bertz CT molecular complexity index is 793. The molecule has 1 aliphatic carbocycles. The number of nitrogens with one attached hydrogen (secondary N) is 1. The molecule has 1 amide bonds. The lowest BCUT2D eigenvalue weighted by Crippen LogP contribution is -2.39. The Hall–Kier alpha value is -2.56. The highest BCUT2D eigenvalue weighted by atomic mass is 16.5. The fraction of sp³-hybridized carbons (Fsp3) is 0.400. The molecule has 0 radical (unpaired) electrons. The molecule has 3 rings (SSSR count). The molecule has 1 aromatic carbocycles. The number of hydrogen-bond donors (Lipinski definition) is 1. The van der Waals surface area contributed by atoms with Gasteiger partial charge in [0.1, 0.15) is 17.1 Å². The average molecular weight is 341 g/mol. The second kappa shape index (κ2) is 7.13. The zero-order valence-electron chi connectivity index (χ0n) is 14.8. The van der Waals surface area contributed by atoms with Crippen LogP contribution in [0.5, 0.6) is 0 Å². The monoisotopic (exact) mass is 341 g/mol. The number of ether oxygens (including phenoxy) is 1. The molecule has 0 saturated carbocycles. The highest BCUT2D eigenvalue weighted by Crippen LogP contribution is 2.29. The lowest BCUT2D eigenvalue weighted by Gasteiger charge is -2.27. The summed E-state index contributed by atoms with van der Waals surface area (Å²) in [4.78, 5) is 24.7. The molecule has 5 nitrogen and oxygen atoms in total. The third kappa shape index (κ3) is 3.76. The predicted octanol–water partition coefficient (Wildman–Crippen LogP) is 3.64. The summed E-state index contributed by atoms with van der Waals surface area (Å²) in [6, 6.07) is 9.74. The molecule has 0 fully saturated rings. The van der Waals surface area contributed by atoms with Crippen molar-refractivity contribution in [3.63, 3.8) is 0 Å². The molecule has 1 heterocycles. The number of carbonyl (C=O) groups is 2. The first-order chi connectivity index (χ1) is 12.0. The zero-order chi connectivity index (χ0) is 18.0. The van der Waals surface area contributed by atoms with Crippen LogP contribution in [0, 0.1) is 13.8 Å². The molecule has 132 valence electrons. The van der Waals surface area contributed by atoms with Gasteiger partial charge in [-0.1, -0.05) is 24.3 Å². The maximum absolute atomic E-state index is 12.5. The lowest BCUT2D eigenvalue weighted by atomic mass is 9.87. The van der Waals surface area contributed by atoms with E-state index in [9.17, 15) is 9.59 Å². The second-order valence-corrected chi connectivity index (χ2v) is 6.53. The van der Waals surface area contributed by atoms with Gasteiger partial charge in [-0.15, -0.1) is 0 Å². The van der Waals surface area contributed by atoms with E-state index in [0.717, 1.165) is 24.8 Å². The van der Waals surface area contributed by atoms with E-state index in [2.05, 4.69) is 11.4 Å². The van der Waals surface area contributed by atoms with Gasteiger partial charge in [-0.2, -0.15) is 0 Å². The third-order valence-electron chi connectivity index (χ3n) is 4.60. The van der Waals surface area contributed by atoms with Gasteiger partial charge in [0.25, 0.3) is 5.91 Å². The van der Waals surface area contributed by atoms with E-state index in [4.69, 9.17) is 9.15 Å². The van der Waals surface area contributed by atoms with E-state index in [-0.39, 0.29) is 11.9 Å². The Morgan fingerprint density at radius 1 is 1.28 bits per heavy atom. The van der Waals surface area contributed by atoms with Crippen LogP contribution in [0.2, 0.25) is 0 Å². The number of amides is 1. The van der Waals surface area contributed by atoms with Gasteiger partial charge in [-0.25, -0.2) is 4.79 Å². The van der Waals surface area contributed by atoms with Gasteiger partial charge in [0.15, 0.2) is 6.10 Å². The van der Waals surface area contributed by atoms with E-state index in [1.165, 1.54) is 5.56 Å². The summed E-state index contributed by atoms with van der Waals surface area (Å²) in [5.74, 6) is 0.311. The smallest absolute Gasteiger partial charge is 0.342 e. The number of carbonyl (C=O) groups excluding carboxylic acids is 2. The third-order valence-corrected chi connectivity index (χ3v) is 4.60. The fourth-order valence-corrected chi connectivity index (χ4v) is 3.30. The van der Waals surface area contributed by atoms with E-state index in [1.807, 2.05) is 18.2 Å². The van der Waals surface area contributed by atoms with Crippen molar-refractivity contribution in [1.29, 1.82) is 0 Å². The van der Waals surface area contributed by atoms with Crippen molar-refractivity contribution in [2.75, 3.05) is 0 Å². The minimum absolute atomic E-state index is 0.0310. The van der Waals surface area contributed by atoms with E-state index in [1.54, 1.807) is 26.8 Å². The van der Waals surface area contributed by atoms with Gasteiger partial charge >= 0.3 is 5.97 Å². The molecule has 5 heteroatoms. The maximum atomic E-state index is 12.5. The molecule has 0 aliphatic heterocycles. The van der Waals surface area contributed by atoms with Crippen molar-refractivity contribution in [2.45, 2.75) is 52.2 Å². The van der Waals surface area contributed by atoms with E-state index < -0.39 is 12.1 Å². The van der Waals surface area contributed by atoms with Crippen molar-refractivity contribution >= 4 is 11.9 Å². The molecule has 0 spiro atoms. The minimum Gasteiger partial charge on any atom is -0.466 e. The number of furan rings is 1. The molecule has 2 aromatic rings. The Morgan fingerprint density at radius 2 is 2.04 bits per heavy atom. The molecule has 0 bridgehead atoms. The van der Waals surface area contributed by atoms with Gasteiger partial charge < -0.3 is 14.5 Å². The highest BCUT2D eigenvalue weighted by molar-refractivity contribution is 5.93. The van der Waals surface area contributed by atoms with Crippen molar-refractivity contribution in [1.82, 2.24) is 5.32 Å². The van der Waals surface area contributed by atoms with Crippen LogP contribution in [0.4, 0.5) is 0 Å². The topological polar surface area (TPSA) is 68.5 Å². The van der Waals surface area contributed by atoms with Gasteiger partial charge in [0.2, 0.25) is 0 Å². The van der Waals surface area contributed by atoms with Crippen LogP contribution in [0.1, 0.15) is 58.8 Å². The van der Waals surface area contributed by atoms with E-state index in [0.29, 0.717) is 17.1 Å². The van der Waals surface area contributed by atoms with Gasteiger partial charge in [-0.05, 0) is 57.2 Å². The molecule has 2 atom stereocenters. The SMILES string of the molecule is Cc1cc(C(=O)O[C@@H](C)C(=O)N[C@H]2CCCc3ccccc32)c(C)o1. The van der Waals surface area contributed by atoms with Crippen molar-refractivity contribution in [3.05, 3.63) is 58.5 Å². The number of aryl methyl sites for hydroxylation is 3. The summed E-state index contributed by atoms with van der Waals surface area (Å²) in [6.45, 7) is 5.05. The van der Waals surface area contributed by atoms with Crippen LogP contribution in [-0.4, -0.2) is 18.0 Å². The summed E-state index contributed by atoms with van der Waals surface area (Å²) in [5, 5.41) is 3.01.